The highest BCUT2D eigenvalue weighted by atomic mass is 79.9. The van der Waals surface area contributed by atoms with Gasteiger partial charge < -0.3 is 5.32 Å². The summed E-state index contributed by atoms with van der Waals surface area (Å²) in [5.41, 5.74) is 3.93. The van der Waals surface area contributed by atoms with E-state index in [2.05, 4.69) is 75.3 Å². The van der Waals surface area contributed by atoms with E-state index in [1.807, 2.05) is 7.05 Å². The zero-order valence-electron chi connectivity index (χ0n) is 10.6. The number of thiophene rings is 1. The minimum atomic E-state index is 0.246. The lowest BCUT2D eigenvalue weighted by molar-refractivity contribution is 0.702. The van der Waals surface area contributed by atoms with Gasteiger partial charge in [-0.2, -0.15) is 0 Å². The zero-order chi connectivity index (χ0) is 13.3. The van der Waals surface area contributed by atoms with E-state index in [0.29, 0.717) is 0 Å². The number of hydrogen-bond acceptors (Lipinski definition) is 2. The molecule has 0 spiro atoms. The van der Waals surface area contributed by atoms with E-state index in [1.165, 1.54) is 21.6 Å². The van der Waals surface area contributed by atoms with Crippen LogP contribution in [0.15, 0.2) is 32.5 Å². The van der Waals surface area contributed by atoms with Crippen molar-refractivity contribution in [2.75, 3.05) is 7.05 Å². The number of hydrogen-bond donors (Lipinski definition) is 1. The summed E-state index contributed by atoms with van der Waals surface area (Å²) in [4.78, 5) is 1.31. The van der Waals surface area contributed by atoms with Crippen molar-refractivity contribution in [1.29, 1.82) is 0 Å². The van der Waals surface area contributed by atoms with E-state index >= 15 is 0 Å². The topological polar surface area (TPSA) is 12.0 Å². The quantitative estimate of drug-likeness (QED) is 0.761. The van der Waals surface area contributed by atoms with Crippen LogP contribution < -0.4 is 5.32 Å². The van der Waals surface area contributed by atoms with Gasteiger partial charge in [0.1, 0.15) is 0 Å². The van der Waals surface area contributed by atoms with E-state index in [4.69, 9.17) is 0 Å². The van der Waals surface area contributed by atoms with Crippen molar-refractivity contribution >= 4 is 43.2 Å². The Morgan fingerprint density at radius 1 is 1.06 bits per heavy atom. The number of benzene rings is 1. The molecule has 4 heteroatoms. The van der Waals surface area contributed by atoms with E-state index in [-0.39, 0.29) is 6.04 Å². The third kappa shape index (κ3) is 3.05. The van der Waals surface area contributed by atoms with Gasteiger partial charge in [0.15, 0.2) is 0 Å². The molecule has 0 radical (unpaired) electrons. The summed E-state index contributed by atoms with van der Waals surface area (Å²) in [6, 6.07) is 9.12. The fraction of sp³-hybridized carbons (Fsp3) is 0.286. The molecule has 96 valence electrons. The van der Waals surface area contributed by atoms with Crippen LogP contribution in [0, 0.1) is 13.8 Å². The SMILES string of the molecule is CNC(c1cc(C)cc(C)c1)c1cc(Br)c(Br)s1. The van der Waals surface area contributed by atoms with Crippen LogP contribution in [-0.4, -0.2) is 7.05 Å². The lowest BCUT2D eigenvalue weighted by atomic mass is 10.0. The van der Waals surface area contributed by atoms with Crippen LogP contribution in [0.3, 0.4) is 0 Å². The Morgan fingerprint density at radius 2 is 1.67 bits per heavy atom. The molecule has 1 N–H and O–H groups in total. The molecule has 2 rings (SSSR count). The second-order valence-electron chi connectivity index (χ2n) is 4.41. The van der Waals surface area contributed by atoms with Gasteiger partial charge in [0.2, 0.25) is 0 Å². The van der Waals surface area contributed by atoms with Crippen LogP contribution in [0.1, 0.15) is 27.6 Å². The van der Waals surface area contributed by atoms with E-state index in [1.54, 1.807) is 11.3 Å². The van der Waals surface area contributed by atoms with Crippen LogP contribution in [0.5, 0.6) is 0 Å². The van der Waals surface area contributed by atoms with Crippen LogP contribution in [-0.2, 0) is 0 Å². The smallest absolute Gasteiger partial charge is 0.0843 e. The maximum atomic E-state index is 3.56. The Kier molecular flexibility index (Phi) is 4.64. The van der Waals surface area contributed by atoms with Gasteiger partial charge in [0.25, 0.3) is 0 Å². The van der Waals surface area contributed by atoms with Crippen LogP contribution >= 0.6 is 43.2 Å². The molecular weight excluding hydrogens is 374 g/mol. The Balaban J connectivity index is 2.44. The van der Waals surface area contributed by atoms with Crippen molar-refractivity contribution in [2.24, 2.45) is 0 Å². The fourth-order valence-electron chi connectivity index (χ4n) is 2.16. The predicted octanol–water partition coefficient (Wildman–Crippen LogP) is 5.20. The largest absolute Gasteiger partial charge is 0.309 e. The monoisotopic (exact) mass is 387 g/mol. The molecule has 0 saturated carbocycles. The molecule has 2 aromatic rings. The summed E-state index contributed by atoms with van der Waals surface area (Å²) in [7, 11) is 2.00. The van der Waals surface area contributed by atoms with Crippen LogP contribution in [0.2, 0.25) is 0 Å². The lowest BCUT2D eigenvalue weighted by Crippen LogP contribution is -2.16. The first-order chi connectivity index (χ1) is 8.51. The van der Waals surface area contributed by atoms with E-state index < -0.39 is 0 Å². The second-order valence-corrected chi connectivity index (χ2v) is 7.67. The van der Waals surface area contributed by atoms with Crippen molar-refractivity contribution in [3.63, 3.8) is 0 Å². The van der Waals surface area contributed by atoms with Gasteiger partial charge in [0, 0.05) is 9.35 Å². The molecule has 18 heavy (non-hydrogen) atoms. The van der Waals surface area contributed by atoms with E-state index in [0.717, 1.165) is 8.26 Å². The molecule has 0 bridgehead atoms. The maximum absolute atomic E-state index is 3.56. The van der Waals surface area contributed by atoms with Crippen molar-refractivity contribution in [1.82, 2.24) is 5.32 Å². The van der Waals surface area contributed by atoms with Gasteiger partial charge in [0.05, 0.1) is 9.83 Å². The molecule has 0 fully saturated rings. The Hall–Kier alpha value is -0.160. The predicted molar refractivity (Wildman–Crippen MR) is 86.5 cm³/mol. The summed E-state index contributed by atoms with van der Waals surface area (Å²) in [6.45, 7) is 4.28. The molecular formula is C14H15Br2NS. The number of halogens is 2. The van der Waals surface area contributed by atoms with Gasteiger partial charge in [-0.05, 0) is 64.4 Å². The van der Waals surface area contributed by atoms with Crippen molar-refractivity contribution in [3.05, 3.63) is 54.1 Å². The summed E-state index contributed by atoms with van der Waals surface area (Å²) in [6.07, 6.45) is 0. The summed E-state index contributed by atoms with van der Waals surface area (Å²) in [5.74, 6) is 0. The highest BCUT2D eigenvalue weighted by Crippen LogP contribution is 2.37. The normalized spacial score (nSPS) is 12.7. The molecule has 0 aliphatic carbocycles. The highest BCUT2D eigenvalue weighted by Gasteiger charge is 2.16. The first-order valence-corrected chi connectivity index (χ1v) is 8.11. The van der Waals surface area contributed by atoms with Crippen molar-refractivity contribution in [3.8, 4) is 0 Å². The molecule has 0 saturated heterocycles. The number of rotatable bonds is 3. The number of nitrogens with one attached hydrogen (secondary N) is 1. The average Bonchev–Trinajstić information content (AvgIpc) is 2.58. The molecule has 1 aromatic carbocycles. The lowest BCUT2D eigenvalue weighted by Gasteiger charge is -2.16. The van der Waals surface area contributed by atoms with Gasteiger partial charge in [-0.1, -0.05) is 29.3 Å². The Bertz CT molecular complexity index is 523. The summed E-state index contributed by atoms with van der Waals surface area (Å²) < 4.78 is 2.26. The molecule has 1 unspecified atom stereocenters. The van der Waals surface area contributed by atoms with Gasteiger partial charge >= 0.3 is 0 Å². The minimum absolute atomic E-state index is 0.246. The third-order valence-corrected chi connectivity index (χ3v) is 6.14. The molecule has 0 aliphatic heterocycles. The molecule has 1 heterocycles. The van der Waals surface area contributed by atoms with Crippen molar-refractivity contribution < 1.29 is 0 Å². The van der Waals surface area contributed by atoms with Crippen molar-refractivity contribution in [2.45, 2.75) is 19.9 Å². The first kappa shape index (κ1) is 14.3. The second kappa shape index (κ2) is 5.87. The van der Waals surface area contributed by atoms with Gasteiger partial charge in [-0.3, -0.25) is 0 Å². The molecule has 0 aliphatic rings. The average molecular weight is 389 g/mol. The van der Waals surface area contributed by atoms with Gasteiger partial charge in [-0.15, -0.1) is 11.3 Å². The standard InChI is InChI=1S/C14H15Br2NS/c1-8-4-9(2)6-10(5-8)13(17-3)12-7-11(15)14(16)18-12/h4-7,13,17H,1-3H3. The Morgan fingerprint density at radius 3 is 2.11 bits per heavy atom. The minimum Gasteiger partial charge on any atom is -0.309 e. The summed E-state index contributed by atoms with van der Waals surface area (Å²) >= 11 is 8.87. The van der Waals surface area contributed by atoms with Crippen LogP contribution in [0.4, 0.5) is 0 Å². The molecule has 1 aromatic heterocycles. The van der Waals surface area contributed by atoms with Crippen LogP contribution in [0.25, 0.3) is 0 Å². The molecule has 0 amide bonds. The third-order valence-electron chi connectivity index (χ3n) is 2.81. The zero-order valence-corrected chi connectivity index (χ0v) is 14.5. The number of aryl methyl sites for hydroxylation is 2. The summed E-state index contributed by atoms with van der Waals surface area (Å²) in [5, 5.41) is 3.40. The fourth-order valence-corrected chi connectivity index (χ4v) is 4.38. The Labute approximate surface area is 129 Å². The highest BCUT2D eigenvalue weighted by molar-refractivity contribution is 9.13. The molecule has 1 atom stereocenters. The first-order valence-electron chi connectivity index (χ1n) is 5.71. The van der Waals surface area contributed by atoms with Gasteiger partial charge in [-0.25, -0.2) is 0 Å². The maximum Gasteiger partial charge on any atom is 0.0843 e. The molecule has 1 nitrogen and oxygen atoms in total. The van der Waals surface area contributed by atoms with E-state index in [9.17, 15) is 0 Å².